The fourth-order valence-electron chi connectivity index (χ4n) is 3.62. The van der Waals surface area contributed by atoms with Crippen LogP contribution in [0.25, 0.3) is 10.9 Å². The van der Waals surface area contributed by atoms with E-state index >= 15 is 0 Å². The topological polar surface area (TPSA) is 65.2 Å². The van der Waals surface area contributed by atoms with Crippen molar-refractivity contribution >= 4 is 34.3 Å². The first-order valence-corrected chi connectivity index (χ1v) is 7.98. The average molecular weight is 336 g/mol. The minimum absolute atomic E-state index is 0.0156. The van der Waals surface area contributed by atoms with Gasteiger partial charge >= 0.3 is 0 Å². The molecule has 0 spiro atoms. The van der Waals surface area contributed by atoms with Crippen molar-refractivity contribution in [3.63, 3.8) is 0 Å². The first-order chi connectivity index (χ1) is 11.0. The zero-order valence-electron chi connectivity index (χ0n) is 12.2. The molecule has 2 fully saturated rings. The minimum atomic E-state index is -0.401. The number of fused-ring (bicyclic) bond motifs is 3. The molecular formula is C16H15ClFN3O2. The molecule has 2 amide bonds. The normalized spacial score (nSPS) is 23.9. The van der Waals surface area contributed by atoms with E-state index in [1.165, 1.54) is 12.1 Å². The average Bonchev–Trinajstić information content (AvgIpc) is 3.00. The third-order valence-electron chi connectivity index (χ3n) is 4.72. The molecule has 0 saturated carbocycles. The zero-order chi connectivity index (χ0) is 16.1. The lowest BCUT2D eigenvalue weighted by Gasteiger charge is -2.27. The summed E-state index contributed by atoms with van der Waals surface area (Å²) in [7, 11) is 0. The van der Waals surface area contributed by atoms with E-state index in [2.05, 4.69) is 10.3 Å². The van der Waals surface area contributed by atoms with Gasteiger partial charge in [-0.05, 0) is 31.0 Å². The van der Waals surface area contributed by atoms with Crippen LogP contribution >= 0.6 is 11.6 Å². The molecule has 1 aromatic heterocycles. The number of benzene rings is 1. The molecule has 2 aliphatic heterocycles. The summed E-state index contributed by atoms with van der Waals surface area (Å²) in [5, 5.41) is 3.56. The molecule has 1 aromatic carbocycles. The lowest BCUT2D eigenvalue weighted by molar-refractivity contribution is -0.121. The fourth-order valence-corrected chi connectivity index (χ4v) is 3.90. The maximum absolute atomic E-state index is 13.4. The van der Waals surface area contributed by atoms with E-state index in [0.717, 1.165) is 12.8 Å². The number of carbonyl (C=O) groups excluding carboxylic acids is 2. The molecule has 3 heterocycles. The largest absolute Gasteiger partial charge is 0.354 e. The Morgan fingerprint density at radius 2 is 2.09 bits per heavy atom. The van der Waals surface area contributed by atoms with Gasteiger partial charge in [-0.2, -0.15) is 0 Å². The van der Waals surface area contributed by atoms with Crippen LogP contribution in [0.3, 0.4) is 0 Å². The van der Waals surface area contributed by atoms with Crippen LogP contribution in [0.5, 0.6) is 0 Å². The highest BCUT2D eigenvalue weighted by Gasteiger charge is 2.41. The number of halogens is 2. The number of amides is 2. The molecule has 0 aliphatic carbocycles. The summed E-state index contributed by atoms with van der Waals surface area (Å²) in [6, 6.07) is 4.08. The third-order valence-corrected chi connectivity index (χ3v) is 5.11. The van der Waals surface area contributed by atoms with Crippen molar-refractivity contribution in [1.29, 1.82) is 0 Å². The summed E-state index contributed by atoms with van der Waals surface area (Å²) in [5.41, 5.74) is 0.884. The molecular weight excluding hydrogens is 321 g/mol. The van der Waals surface area contributed by atoms with Crippen molar-refractivity contribution in [3.05, 3.63) is 34.7 Å². The number of rotatable bonds is 1. The van der Waals surface area contributed by atoms with Gasteiger partial charge in [0.15, 0.2) is 0 Å². The molecule has 4 rings (SSSR count). The maximum atomic E-state index is 13.4. The van der Waals surface area contributed by atoms with Crippen LogP contribution in [0.2, 0.25) is 5.02 Å². The number of H-pyrrole nitrogens is 1. The van der Waals surface area contributed by atoms with Gasteiger partial charge < -0.3 is 15.2 Å². The number of aromatic nitrogens is 1. The van der Waals surface area contributed by atoms with Gasteiger partial charge in [0.05, 0.1) is 5.02 Å². The van der Waals surface area contributed by atoms with Crippen molar-refractivity contribution < 1.29 is 14.0 Å². The molecule has 2 unspecified atom stereocenters. The molecule has 2 aromatic rings. The smallest absolute Gasteiger partial charge is 0.272 e. The number of aromatic amines is 1. The summed E-state index contributed by atoms with van der Waals surface area (Å²) in [4.78, 5) is 29.4. The monoisotopic (exact) mass is 335 g/mol. The highest BCUT2D eigenvalue weighted by atomic mass is 35.5. The highest BCUT2D eigenvalue weighted by Crippen LogP contribution is 2.34. The van der Waals surface area contributed by atoms with Crippen LogP contribution in [0.4, 0.5) is 4.39 Å². The Kier molecular flexibility index (Phi) is 3.30. The zero-order valence-corrected chi connectivity index (χ0v) is 13.0. The Bertz CT molecular complexity index is 819. The summed E-state index contributed by atoms with van der Waals surface area (Å²) in [6.07, 6.45) is 1.99. The molecule has 0 radical (unpaired) electrons. The van der Waals surface area contributed by atoms with E-state index in [4.69, 9.17) is 11.6 Å². The lowest BCUT2D eigenvalue weighted by atomic mass is 10.1. The second-order valence-corrected chi connectivity index (χ2v) is 6.49. The van der Waals surface area contributed by atoms with Crippen LogP contribution in [0.1, 0.15) is 29.8 Å². The molecule has 120 valence electrons. The van der Waals surface area contributed by atoms with Crippen LogP contribution in [-0.4, -0.2) is 40.3 Å². The summed E-state index contributed by atoms with van der Waals surface area (Å²) in [5.74, 6) is -0.655. The van der Waals surface area contributed by atoms with Gasteiger partial charge in [-0.15, -0.1) is 0 Å². The van der Waals surface area contributed by atoms with Gasteiger partial charge in [0.2, 0.25) is 5.91 Å². The number of hydrogen-bond donors (Lipinski definition) is 2. The van der Waals surface area contributed by atoms with Crippen LogP contribution in [-0.2, 0) is 4.79 Å². The van der Waals surface area contributed by atoms with Crippen molar-refractivity contribution in [2.75, 3.05) is 6.54 Å². The van der Waals surface area contributed by atoms with E-state index in [1.807, 2.05) is 0 Å². The first-order valence-electron chi connectivity index (χ1n) is 7.60. The number of nitrogens with one attached hydrogen (secondary N) is 2. The lowest BCUT2D eigenvalue weighted by Crippen LogP contribution is -2.42. The predicted molar refractivity (Wildman–Crippen MR) is 83.9 cm³/mol. The Morgan fingerprint density at radius 1 is 1.30 bits per heavy atom. The van der Waals surface area contributed by atoms with E-state index in [0.29, 0.717) is 23.9 Å². The number of hydrogen-bond acceptors (Lipinski definition) is 2. The predicted octanol–water partition coefficient (Wildman–Crippen LogP) is 2.45. The number of nitrogens with zero attached hydrogens (tertiary/aromatic N) is 1. The standard InChI is InChI=1S/C16H15ClFN3O2/c17-14-11-5-8(18)1-4-12(11)20-15(14)16(23)21-9-2-3-10(21)7-19-13(22)6-9/h1,4-5,9-10,20H,2-3,6-7H2,(H,19,22). The van der Waals surface area contributed by atoms with E-state index in [1.54, 1.807) is 11.0 Å². The SMILES string of the molecule is O=C1CC2CCC(CN1)N2C(=O)c1[nH]c2ccc(F)cc2c1Cl. The van der Waals surface area contributed by atoms with Crippen LogP contribution < -0.4 is 5.32 Å². The molecule has 2 bridgehead atoms. The molecule has 2 N–H and O–H groups in total. The Labute approximate surface area is 136 Å². The van der Waals surface area contributed by atoms with Gasteiger partial charge in [-0.25, -0.2) is 4.39 Å². The van der Waals surface area contributed by atoms with Crippen molar-refractivity contribution in [2.45, 2.75) is 31.3 Å². The Morgan fingerprint density at radius 3 is 2.91 bits per heavy atom. The third kappa shape index (κ3) is 2.28. The van der Waals surface area contributed by atoms with Crippen LogP contribution in [0.15, 0.2) is 18.2 Å². The van der Waals surface area contributed by atoms with Gasteiger partial charge in [-0.3, -0.25) is 9.59 Å². The van der Waals surface area contributed by atoms with Crippen molar-refractivity contribution in [1.82, 2.24) is 15.2 Å². The Hall–Kier alpha value is -2.08. The molecule has 23 heavy (non-hydrogen) atoms. The molecule has 2 saturated heterocycles. The maximum Gasteiger partial charge on any atom is 0.272 e. The minimum Gasteiger partial charge on any atom is -0.354 e. The summed E-state index contributed by atoms with van der Waals surface area (Å²) < 4.78 is 13.4. The van der Waals surface area contributed by atoms with Gasteiger partial charge in [0.1, 0.15) is 11.5 Å². The fraction of sp³-hybridized carbons (Fsp3) is 0.375. The molecule has 7 heteroatoms. The molecule has 5 nitrogen and oxygen atoms in total. The first kappa shape index (κ1) is 14.5. The second-order valence-electron chi connectivity index (χ2n) is 6.11. The molecule has 2 aliphatic rings. The quantitative estimate of drug-likeness (QED) is 0.840. The van der Waals surface area contributed by atoms with Crippen molar-refractivity contribution in [2.24, 2.45) is 0 Å². The second kappa shape index (κ2) is 5.23. The van der Waals surface area contributed by atoms with Crippen molar-refractivity contribution in [3.8, 4) is 0 Å². The molecule has 2 atom stereocenters. The van der Waals surface area contributed by atoms with E-state index in [9.17, 15) is 14.0 Å². The summed E-state index contributed by atoms with van der Waals surface area (Å²) in [6.45, 7) is 0.466. The summed E-state index contributed by atoms with van der Waals surface area (Å²) >= 11 is 6.30. The van der Waals surface area contributed by atoms with E-state index < -0.39 is 5.82 Å². The Balaban J connectivity index is 1.74. The van der Waals surface area contributed by atoms with Gasteiger partial charge in [-0.1, -0.05) is 11.6 Å². The highest BCUT2D eigenvalue weighted by molar-refractivity contribution is 6.38. The van der Waals surface area contributed by atoms with E-state index in [-0.39, 0.29) is 34.6 Å². The number of carbonyl (C=O) groups is 2. The van der Waals surface area contributed by atoms with Gasteiger partial charge in [0, 0.05) is 36.0 Å². The van der Waals surface area contributed by atoms with Crippen LogP contribution in [0, 0.1) is 5.82 Å². The van der Waals surface area contributed by atoms with Gasteiger partial charge in [0.25, 0.3) is 5.91 Å².